The fraction of sp³-hybridized carbons (Fsp3) is 0.929. The van der Waals surface area contributed by atoms with Crippen molar-refractivity contribution in [2.24, 2.45) is 5.92 Å². The lowest BCUT2D eigenvalue weighted by Crippen LogP contribution is -2.47. The molecule has 1 aliphatic rings. The second kappa shape index (κ2) is 10.5. The second-order valence-electron chi connectivity index (χ2n) is 5.32. The fourth-order valence-electron chi connectivity index (χ4n) is 2.36. The number of hydrogen-bond donors (Lipinski definition) is 2. The summed E-state index contributed by atoms with van der Waals surface area (Å²) in [7, 11) is 0. The Bertz CT molecular complexity index is 244. The first kappa shape index (κ1) is 18.7. The molecule has 1 amide bonds. The molecule has 1 saturated heterocycles. The number of halogens is 1. The minimum Gasteiger partial charge on any atom is -0.378 e. The molecule has 2 unspecified atom stereocenters. The molecular formula is C14H29ClN2O2. The van der Waals surface area contributed by atoms with Crippen molar-refractivity contribution in [1.29, 1.82) is 0 Å². The van der Waals surface area contributed by atoms with Crippen LogP contribution in [0, 0.1) is 5.92 Å². The molecule has 0 aromatic heterocycles. The van der Waals surface area contributed by atoms with Crippen molar-refractivity contribution in [1.82, 2.24) is 10.6 Å². The van der Waals surface area contributed by atoms with Crippen LogP contribution in [0.15, 0.2) is 0 Å². The van der Waals surface area contributed by atoms with Crippen molar-refractivity contribution in [2.75, 3.05) is 19.7 Å². The summed E-state index contributed by atoms with van der Waals surface area (Å²) in [5, 5.41) is 6.28. The summed E-state index contributed by atoms with van der Waals surface area (Å²) in [5.74, 6) is 0.642. The van der Waals surface area contributed by atoms with Crippen molar-refractivity contribution in [3.8, 4) is 0 Å². The third-order valence-electron chi connectivity index (χ3n) is 3.48. The standard InChI is InChI=1S/C14H28N2O2.ClH/c1-4-18-13(11(2)3)8-10-16-14(17)12-7-5-6-9-15-12;/h11-13,15H,4-10H2,1-3H3,(H,16,17);1H. The van der Waals surface area contributed by atoms with Crippen LogP contribution in [0.4, 0.5) is 0 Å². The molecule has 0 aromatic rings. The van der Waals surface area contributed by atoms with Gasteiger partial charge in [-0.15, -0.1) is 12.4 Å². The van der Waals surface area contributed by atoms with E-state index < -0.39 is 0 Å². The van der Waals surface area contributed by atoms with E-state index in [1.165, 1.54) is 6.42 Å². The minimum absolute atomic E-state index is 0. The van der Waals surface area contributed by atoms with Gasteiger partial charge in [-0.1, -0.05) is 20.3 Å². The van der Waals surface area contributed by atoms with E-state index in [-0.39, 0.29) is 30.5 Å². The van der Waals surface area contributed by atoms with Gasteiger partial charge in [0.05, 0.1) is 12.1 Å². The van der Waals surface area contributed by atoms with Crippen LogP contribution < -0.4 is 10.6 Å². The number of carbonyl (C=O) groups excluding carboxylic acids is 1. The van der Waals surface area contributed by atoms with Crippen molar-refractivity contribution in [2.45, 2.75) is 58.6 Å². The smallest absolute Gasteiger partial charge is 0.237 e. The lowest BCUT2D eigenvalue weighted by molar-refractivity contribution is -0.123. The molecular weight excluding hydrogens is 264 g/mol. The highest BCUT2D eigenvalue weighted by molar-refractivity contribution is 5.85. The van der Waals surface area contributed by atoms with E-state index in [0.29, 0.717) is 12.5 Å². The second-order valence-corrected chi connectivity index (χ2v) is 5.32. The van der Waals surface area contributed by atoms with Gasteiger partial charge in [0.25, 0.3) is 0 Å². The zero-order valence-corrected chi connectivity index (χ0v) is 13.2. The molecule has 1 fully saturated rings. The number of piperidine rings is 1. The third kappa shape index (κ3) is 7.14. The number of ether oxygens (including phenoxy) is 1. The highest BCUT2D eigenvalue weighted by Crippen LogP contribution is 2.10. The van der Waals surface area contributed by atoms with E-state index >= 15 is 0 Å². The van der Waals surface area contributed by atoms with Gasteiger partial charge < -0.3 is 15.4 Å². The fourth-order valence-corrected chi connectivity index (χ4v) is 2.36. The van der Waals surface area contributed by atoms with E-state index in [9.17, 15) is 4.79 Å². The Morgan fingerprint density at radius 2 is 2.16 bits per heavy atom. The van der Waals surface area contributed by atoms with Crippen LogP contribution in [0.3, 0.4) is 0 Å². The van der Waals surface area contributed by atoms with Gasteiger partial charge in [-0.2, -0.15) is 0 Å². The topological polar surface area (TPSA) is 50.4 Å². The third-order valence-corrected chi connectivity index (χ3v) is 3.48. The number of amides is 1. The molecule has 5 heteroatoms. The van der Waals surface area contributed by atoms with Crippen molar-refractivity contribution in [3.63, 3.8) is 0 Å². The van der Waals surface area contributed by atoms with E-state index in [2.05, 4.69) is 24.5 Å². The highest BCUT2D eigenvalue weighted by atomic mass is 35.5. The van der Waals surface area contributed by atoms with Gasteiger partial charge in [0, 0.05) is 13.2 Å². The molecule has 0 saturated carbocycles. The minimum atomic E-state index is 0. The van der Waals surface area contributed by atoms with Crippen molar-refractivity contribution < 1.29 is 9.53 Å². The van der Waals surface area contributed by atoms with E-state index in [1.54, 1.807) is 0 Å². The number of nitrogens with one attached hydrogen (secondary N) is 2. The van der Waals surface area contributed by atoms with E-state index in [1.807, 2.05) is 6.92 Å². The van der Waals surface area contributed by atoms with Gasteiger partial charge >= 0.3 is 0 Å². The Morgan fingerprint density at radius 3 is 2.68 bits per heavy atom. The molecule has 114 valence electrons. The summed E-state index contributed by atoms with van der Waals surface area (Å²) in [5.41, 5.74) is 0. The number of rotatable bonds is 7. The lowest BCUT2D eigenvalue weighted by atomic mass is 10.0. The van der Waals surface area contributed by atoms with E-state index in [4.69, 9.17) is 4.74 Å². The molecule has 0 spiro atoms. The van der Waals surface area contributed by atoms with Gasteiger partial charge in [0.1, 0.15) is 0 Å². The lowest BCUT2D eigenvalue weighted by Gasteiger charge is -2.24. The predicted octanol–water partition coefficient (Wildman–Crippen LogP) is 2.12. The highest BCUT2D eigenvalue weighted by Gasteiger charge is 2.20. The van der Waals surface area contributed by atoms with Gasteiger partial charge in [-0.05, 0) is 38.6 Å². The Kier molecular flexibility index (Phi) is 10.3. The van der Waals surface area contributed by atoms with Crippen molar-refractivity contribution >= 4 is 18.3 Å². The zero-order chi connectivity index (χ0) is 13.4. The quantitative estimate of drug-likeness (QED) is 0.756. The van der Waals surface area contributed by atoms with Crippen LogP contribution in [0.25, 0.3) is 0 Å². The molecule has 4 nitrogen and oxygen atoms in total. The molecule has 19 heavy (non-hydrogen) atoms. The normalized spacial score (nSPS) is 20.7. The van der Waals surface area contributed by atoms with E-state index in [0.717, 1.165) is 32.4 Å². The van der Waals surface area contributed by atoms with Crippen LogP contribution in [0.1, 0.15) is 46.5 Å². The average molecular weight is 293 g/mol. The van der Waals surface area contributed by atoms with Gasteiger partial charge in [-0.25, -0.2) is 0 Å². The average Bonchev–Trinajstić information content (AvgIpc) is 2.38. The number of hydrogen-bond acceptors (Lipinski definition) is 3. The maximum Gasteiger partial charge on any atom is 0.237 e. The molecule has 2 N–H and O–H groups in total. The molecule has 0 aliphatic carbocycles. The summed E-state index contributed by atoms with van der Waals surface area (Å²) in [6.07, 6.45) is 4.44. The Labute approximate surface area is 123 Å². The molecule has 1 heterocycles. The first-order valence-electron chi connectivity index (χ1n) is 7.27. The monoisotopic (exact) mass is 292 g/mol. The maximum atomic E-state index is 11.9. The summed E-state index contributed by atoms with van der Waals surface area (Å²) < 4.78 is 5.66. The molecule has 1 rings (SSSR count). The van der Waals surface area contributed by atoms with Gasteiger partial charge in [-0.3, -0.25) is 4.79 Å². The van der Waals surface area contributed by atoms with Gasteiger partial charge in [0.15, 0.2) is 0 Å². The maximum absolute atomic E-state index is 11.9. The largest absolute Gasteiger partial charge is 0.378 e. The molecule has 1 aliphatic heterocycles. The molecule has 0 radical (unpaired) electrons. The van der Waals surface area contributed by atoms with Crippen LogP contribution in [0.2, 0.25) is 0 Å². The Morgan fingerprint density at radius 1 is 1.42 bits per heavy atom. The summed E-state index contributed by atoms with van der Waals surface area (Å²) in [6.45, 7) is 8.74. The zero-order valence-electron chi connectivity index (χ0n) is 12.4. The van der Waals surface area contributed by atoms with Crippen LogP contribution in [-0.4, -0.2) is 37.7 Å². The number of carbonyl (C=O) groups is 1. The first-order chi connectivity index (χ1) is 8.65. The Hall–Kier alpha value is -0.320. The summed E-state index contributed by atoms with van der Waals surface area (Å²) in [4.78, 5) is 11.9. The SMILES string of the molecule is CCOC(CCNC(=O)C1CCCCN1)C(C)C.Cl. The molecule has 0 aromatic carbocycles. The summed E-state index contributed by atoms with van der Waals surface area (Å²) in [6, 6.07) is 0.0170. The predicted molar refractivity (Wildman–Crippen MR) is 80.8 cm³/mol. The molecule has 0 bridgehead atoms. The van der Waals surface area contributed by atoms with Gasteiger partial charge in [0.2, 0.25) is 5.91 Å². The van der Waals surface area contributed by atoms with Crippen LogP contribution in [-0.2, 0) is 9.53 Å². The Balaban J connectivity index is 0.00000324. The van der Waals surface area contributed by atoms with Crippen molar-refractivity contribution in [3.05, 3.63) is 0 Å². The molecule has 2 atom stereocenters. The first-order valence-corrected chi connectivity index (χ1v) is 7.27. The van der Waals surface area contributed by atoms with Crippen LogP contribution in [0.5, 0.6) is 0 Å². The summed E-state index contributed by atoms with van der Waals surface area (Å²) >= 11 is 0. The van der Waals surface area contributed by atoms with Crippen LogP contribution >= 0.6 is 12.4 Å².